The first-order valence-electron chi connectivity index (χ1n) is 6.65. The Morgan fingerprint density at radius 1 is 1.24 bits per heavy atom. The van der Waals surface area contributed by atoms with Crippen molar-refractivity contribution >= 4 is 0 Å². The Hall–Kier alpha value is -0.860. The van der Waals surface area contributed by atoms with Crippen LogP contribution in [0.3, 0.4) is 0 Å². The van der Waals surface area contributed by atoms with Crippen molar-refractivity contribution in [3.8, 4) is 0 Å². The van der Waals surface area contributed by atoms with Crippen molar-refractivity contribution in [2.45, 2.75) is 38.5 Å². The van der Waals surface area contributed by atoms with E-state index in [1.54, 1.807) is 0 Å². The van der Waals surface area contributed by atoms with Crippen LogP contribution < -0.4 is 0 Å². The highest BCUT2D eigenvalue weighted by molar-refractivity contribution is 5.19. The maximum Gasteiger partial charge on any atom is 0.119 e. The molecule has 3 rings (SSSR count). The summed E-state index contributed by atoms with van der Waals surface area (Å²) in [6.45, 7) is 6.82. The summed E-state index contributed by atoms with van der Waals surface area (Å²) < 4.78 is 6.31. The van der Waals surface area contributed by atoms with Crippen molar-refractivity contribution in [1.29, 1.82) is 0 Å². The molecule has 0 N–H and O–H groups in total. The topological polar surface area (TPSA) is 12.5 Å². The van der Waals surface area contributed by atoms with Crippen molar-refractivity contribution in [2.24, 2.45) is 5.92 Å². The van der Waals surface area contributed by atoms with Crippen molar-refractivity contribution in [3.63, 3.8) is 0 Å². The molecule has 2 heteroatoms. The Morgan fingerprint density at radius 2 is 2.00 bits per heavy atom. The van der Waals surface area contributed by atoms with E-state index >= 15 is 0 Å². The molecule has 17 heavy (non-hydrogen) atoms. The largest absolute Gasteiger partial charge is 0.351 e. The van der Waals surface area contributed by atoms with Crippen LogP contribution in [-0.4, -0.2) is 23.7 Å². The maximum absolute atomic E-state index is 6.31. The van der Waals surface area contributed by atoms with Crippen LogP contribution in [-0.2, 0) is 4.74 Å². The standard InChI is InChI=1S/C15H21NO/c1-12-8-9-15(2)16(10-12)11-14(17-15)13-6-4-3-5-7-13/h3-7,12,14H,8-11H2,1-2H3. The molecule has 2 aliphatic rings. The Balaban J connectivity index is 1.80. The zero-order chi connectivity index (χ0) is 11.9. The van der Waals surface area contributed by atoms with E-state index in [9.17, 15) is 0 Å². The van der Waals surface area contributed by atoms with E-state index < -0.39 is 0 Å². The van der Waals surface area contributed by atoms with Gasteiger partial charge in [-0.25, -0.2) is 0 Å². The SMILES string of the molecule is CC1CCC2(C)OC(c3ccccc3)CN2C1. The number of benzene rings is 1. The summed E-state index contributed by atoms with van der Waals surface area (Å²) in [5.41, 5.74) is 1.29. The van der Waals surface area contributed by atoms with Crippen molar-refractivity contribution in [2.75, 3.05) is 13.1 Å². The lowest BCUT2D eigenvalue weighted by atomic mass is 9.93. The number of hydrogen-bond acceptors (Lipinski definition) is 2. The van der Waals surface area contributed by atoms with E-state index in [2.05, 4.69) is 49.1 Å². The lowest BCUT2D eigenvalue weighted by Gasteiger charge is -2.40. The highest BCUT2D eigenvalue weighted by atomic mass is 16.5. The van der Waals surface area contributed by atoms with Crippen molar-refractivity contribution < 1.29 is 4.74 Å². The van der Waals surface area contributed by atoms with Crippen LogP contribution in [0.15, 0.2) is 30.3 Å². The van der Waals surface area contributed by atoms with Gasteiger partial charge in [0.2, 0.25) is 0 Å². The van der Waals surface area contributed by atoms with Gasteiger partial charge < -0.3 is 4.74 Å². The highest BCUT2D eigenvalue weighted by Gasteiger charge is 2.45. The maximum atomic E-state index is 6.31. The molecule has 2 heterocycles. The fourth-order valence-electron chi connectivity index (χ4n) is 3.12. The molecule has 0 aromatic heterocycles. The molecule has 0 bridgehead atoms. The van der Waals surface area contributed by atoms with Crippen LogP contribution >= 0.6 is 0 Å². The van der Waals surface area contributed by atoms with Crippen LogP contribution in [0.1, 0.15) is 38.4 Å². The summed E-state index contributed by atoms with van der Waals surface area (Å²) in [5, 5.41) is 0. The molecule has 0 amide bonds. The van der Waals surface area contributed by atoms with Gasteiger partial charge in [-0.2, -0.15) is 0 Å². The van der Waals surface area contributed by atoms with E-state index in [1.807, 2.05) is 0 Å². The molecular weight excluding hydrogens is 210 g/mol. The molecule has 1 aromatic rings. The number of rotatable bonds is 1. The van der Waals surface area contributed by atoms with E-state index in [4.69, 9.17) is 4.74 Å². The van der Waals surface area contributed by atoms with Gasteiger partial charge in [-0.15, -0.1) is 0 Å². The summed E-state index contributed by atoms with van der Waals surface area (Å²) in [6, 6.07) is 10.6. The highest BCUT2D eigenvalue weighted by Crippen LogP contribution is 2.42. The number of piperidine rings is 1. The third-order valence-corrected chi connectivity index (χ3v) is 4.26. The quantitative estimate of drug-likeness (QED) is 0.736. The molecule has 3 unspecified atom stereocenters. The van der Waals surface area contributed by atoms with Gasteiger partial charge in [0.15, 0.2) is 0 Å². The van der Waals surface area contributed by atoms with E-state index in [1.165, 1.54) is 18.5 Å². The van der Waals surface area contributed by atoms with E-state index in [0.717, 1.165) is 18.9 Å². The smallest absolute Gasteiger partial charge is 0.119 e. The Labute approximate surface area is 104 Å². The first kappa shape index (κ1) is 11.2. The number of hydrogen-bond donors (Lipinski definition) is 0. The fourth-order valence-corrected chi connectivity index (χ4v) is 3.12. The first-order chi connectivity index (χ1) is 8.17. The summed E-state index contributed by atoms with van der Waals surface area (Å²) in [7, 11) is 0. The summed E-state index contributed by atoms with van der Waals surface area (Å²) in [6.07, 6.45) is 2.71. The minimum atomic E-state index is -0.0208. The van der Waals surface area contributed by atoms with Crippen LogP contribution in [0, 0.1) is 5.92 Å². The third-order valence-electron chi connectivity index (χ3n) is 4.26. The summed E-state index contributed by atoms with van der Waals surface area (Å²) >= 11 is 0. The van der Waals surface area contributed by atoms with Gasteiger partial charge in [0, 0.05) is 13.1 Å². The molecule has 0 aliphatic carbocycles. The van der Waals surface area contributed by atoms with Gasteiger partial charge in [0.25, 0.3) is 0 Å². The van der Waals surface area contributed by atoms with Gasteiger partial charge in [0.1, 0.15) is 5.72 Å². The molecule has 3 atom stereocenters. The molecule has 2 fully saturated rings. The first-order valence-corrected chi connectivity index (χ1v) is 6.65. The molecule has 2 nitrogen and oxygen atoms in total. The van der Waals surface area contributed by atoms with Crippen LogP contribution in [0.2, 0.25) is 0 Å². The monoisotopic (exact) mass is 231 g/mol. The van der Waals surface area contributed by atoms with Crippen molar-refractivity contribution in [3.05, 3.63) is 35.9 Å². The predicted octanol–water partition coefficient (Wildman–Crippen LogP) is 3.21. The second-order valence-electron chi connectivity index (χ2n) is 5.74. The molecule has 0 spiro atoms. The second kappa shape index (κ2) is 4.11. The van der Waals surface area contributed by atoms with E-state index in [-0.39, 0.29) is 11.8 Å². The van der Waals surface area contributed by atoms with Gasteiger partial charge in [-0.05, 0) is 31.2 Å². The second-order valence-corrected chi connectivity index (χ2v) is 5.74. The van der Waals surface area contributed by atoms with Gasteiger partial charge in [-0.3, -0.25) is 4.90 Å². The summed E-state index contributed by atoms with van der Waals surface area (Å²) in [4.78, 5) is 2.53. The molecule has 2 aliphatic heterocycles. The molecule has 0 radical (unpaired) electrons. The summed E-state index contributed by atoms with van der Waals surface area (Å²) in [5.74, 6) is 0.807. The van der Waals surface area contributed by atoms with E-state index in [0.29, 0.717) is 0 Å². The third kappa shape index (κ3) is 2.00. The Morgan fingerprint density at radius 3 is 2.76 bits per heavy atom. The molecule has 1 aromatic carbocycles. The van der Waals surface area contributed by atoms with Gasteiger partial charge in [0.05, 0.1) is 6.10 Å². The Bertz CT molecular complexity index is 391. The minimum Gasteiger partial charge on any atom is -0.351 e. The molecule has 0 saturated carbocycles. The number of nitrogens with zero attached hydrogens (tertiary/aromatic N) is 1. The number of fused-ring (bicyclic) bond motifs is 1. The average Bonchev–Trinajstić information content (AvgIpc) is 2.68. The van der Waals surface area contributed by atoms with Crippen LogP contribution in [0.25, 0.3) is 0 Å². The molecular formula is C15H21NO. The molecule has 2 saturated heterocycles. The van der Waals surface area contributed by atoms with Gasteiger partial charge >= 0.3 is 0 Å². The zero-order valence-electron chi connectivity index (χ0n) is 10.7. The number of ether oxygens (including phenoxy) is 1. The Kier molecular flexibility index (Phi) is 2.72. The lowest BCUT2D eigenvalue weighted by molar-refractivity contribution is -0.118. The van der Waals surface area contributed by atoms with Crippen LogP contribution in [0.5, 0.6) is 0 Å². The molecule has 92 valence electrons. The lowest BCUT2D eigenvalue weighted by Crippen LogP contribution is -2.48. The normalized spacial score (nSPS) is 38.0. The van der Waals surface area contributed by atoms with Gasteiger partial charge in [-0.1, -0.05) is 37.3 Å². The zero-order valence-corrected chi connectivity index (χ0v) is 10.7. The van der Waals surface area contributed by atoms with Crippen molar-refractivity contribution in [1.82, 2.24) is 4.90 Å². The predicted molar refractivity (Wildman–Crippen MR) is 68.6 cm³/mol. The minimum absolute atomic E-state index is 0.0208. The van der Waals surface area contributed by atoms with Crippen LogP contribution in [0.4, 0.5) is 0 Å². The fraction of sp³-hybridized carbons (Fsp3) is 0.600. The average molecular weight is 231 g/mol.